The minimum atomic E-state index is 0.489. The van der Waals surface area contributed by atoms with Crippen molar-refractivity contribution in [3.05, 3.63) is 63.1 Å². The molecule has 0 aliphatic heterocycles. The average molecular weight is 338 g/mol. The lowest BCUT2D eigenvalue weighted by Crippen LogP contribution is -2.15. The normalized spacial score (nSPS) is 10.7. The van der Waals surface area contributed by atoms with Crippen molar-refractivity contribution in [2.24, 2.45) is 0 Å². The van der Waals surface area contributed by atoms with Crippen molar-refractivity contribution in [2.45, 2.75) is 33.4 Å². The lowest BCUT2D eigenvalue weighted by molar-refractivity contribution is 0.302. The summed E-state index contributed by atoms with van der Waals surface area (Å²) in [6, 6.07) is 11.9. The Balaban J connectivity index is 2.12. The minimum absolute atomic E-state index is 0.489. The zero-order valence-electron chi connectivity index (χ0n) is 13.0. The molecule has 0 aliphatic rings. The van der Waals surface area contributed by atoms with Crippen LogP contribution in [0.4, 0.5) is 0 Å². The van der Waals surface area contributed by atoms with Gasteiger partial charge in [0.25, 0.3) is 0 Å². The molecule has 2 rings (SSSR count). The van der Waals surface area contributed by atoms with E-state index in [-0.39, 0.29) is 0 Å². The minimum Gasteiger partial charge on any atom is -0.487 e. The number of hydrogen-bond acceptors (Lipinski definition) is 2. The van der Waals surface area contributed by atoms with E-state index in [1.54, 1.807) is 6.07 Å². The van der Waals surface area contributed by atoms with Gasteiger partial charge in [0.2, 0.25) is 0 Å². The summed E-state index contributed by atoms with van der Waals surface area (Å²) in [4.78, 5) is 0. The number of hydrogen-bond donors (Lipinski definition) is 1. The molecule has 0 amide bonds. The molecule has 4 heteroatoms. The highest BCUT2D eigenvalue weighted by Gasteiger charge is 2.11. The van der Waals surface area contributed by atoms with Crippen molar-refractivity contribution in [3.8, 4) is 5.75 Å². The van der Waals surface area contributed by atoms with Gasteiger partial charge in [0.1, 0.15) is 12.4 Å². The largest absolute Gasteiger partial charge is 0.487 e. The Kier molecular flexibility index (Phi) is 6.56. The van der Waals surface area contributed by atoms with E-state index in [0.717, 1.165) is 24.1 Å². The molecule has 0 aromatic heterocycles. The summed E-state index contributed by atoms with van der Waals surface area (Å²) in [7, 11) is 0. The first-order valence-corrected chi connectivity index (χ1v) is 8.22. The van der Waals surface area contributed by atoms with Gasteiger partial charge in [-0.1, -0.05) is 60.0 Å². The lowest BCUT2D eigenvalue weighted by Gasteiger charge is -2.14. The zero-order valence-corrected chi connectivity index (χ0v) is 14.5. The Hall–Kier alpha value is -1.22. The fourth-order valence-electron chi connectivity index (χ4n) is 2.15. The molecule has 0 heterocycles. The van der Waals surface area contributed by atoms with Crippen molar-refractivity contribution >= 4 is 23.2 Å². The van der Waals surface area contributed by atoms with Gasteiger partial charge in [0, 0.05) is 17.1 Å². The van der Waals surface area contributed by atoms with Gasteiger partial charge >= 0.3 is 0 Å². The van der Waals surface area contributed by atoms with E-state index in [1.807, 2.05) is 6.07 Å². The Morgan fingerprint density at radius 2 is 1.82 bits per heavy atom. The van der Waals surface area contributed by atoms with Crippen LogP contribution in [0.15, 0.2) is 36.4 Å². The monoisotopic (exact) mass is 337 g/mol. The van der Waals surface area contributed by atoms with Gasteiger partial charge in [-0.15, -0.1) is 0 Å². The second kappa shape index (κ2) is 8.42. The second-order valence-electron chi connectivity index (χ2n) is 5.33. The Morgan fingerprint density at radius 3 is 2.50 bits per heavy atom. The molecule has 118 valence electrons. The molecule has 0 radical (unpaired) electrons. The van der Waals surface area contributed by atoms with E-state index < -0.39 is 0 Å². The van der Waals surface area contributed by atoms with Crippen LogP contribution in [0.5, 0.6) is 5.75 Å². The fourth-order valence-corrected chi connectivity index (χ4v) is 2.74. The molecule has 0 aliphatic carbocycles. The highest BCUT2D eigenvalue weighted by Crippen LogP contribution is 2.33. The summed E-state index contributed by atoms with van der Waals surface area (Å²) in [5.74, 6) is 0.704. The predicted molar refractivity (Wildman–Crippen MR) is 94.0 cm³/mol. The summed E-state index contributed by atoms with van der Waals surface area (Å²) >= 11 is 12.4. The van der Waals surface area contributed by atoms with E-state index in [2.05, 4.69) is 43.4 Å². The maximum absolute atomic E-state index is 6.30. The maximum Gasteiger partial charge on any atom is 0.142 e. The molecule has 0 bridgehead atoms. The second-order valence-corrected chi connectivity index (χ2v) is 6.17. The van der Waals surface area contributed by atoms with E-state index in [1.165, 1.54) is 5.56 Å². The third-order valence-corrected chi connectivity index (χ3v) is 3.83. The molecular formula is C18H21Cl2NO. The van der Waals surface area contributed by atoms with Crippen molar-refractivity contribution in [1.82, 2.24) is 5.32 Å². The van der Waals surface area contributed by atoms with Gasteiger partial charge in [-0.05, 0) is 37.6 Å². The zero-order chi connectivity index (χ0) is 15.9. The van der Waals surface area contributed by atoms with Crippen molar-refractivity contribution < 1.29 is 4.74 Å². The van der Waals surface area contributed by atoms with Gasteiger partial charge in [0.15, 0.2) is 0 Å². The SMILES string of the molecule is CCCNCc1cc(Cl)cc(Cl)c1OCc1ccc(C)cc1. The standard InChI is InChI=1S/C18H21Cl2NO/c1-3-8-21-11-15-9-16(19)10-17(20)18(15)22-12-14-6-4-13(2)5-7-14/h4-7,9-10,21H,3,8,11-12H2,1-2H3. The van der Waals surface area contributed by atoms with E-state index >= 15 is 0 Å². The van der Waals surface area contributed by atoms with Crippen molar-refractivity contribution in [1.29, 1.82) is 0 Å². The Labute approximate surface area is 142 Å². The number of nitrogens with one attached hydrogen (secondary N) is 1. The van der Waals surface area contributed by atoms with E-state index in [0.29, 0.717) is 28.9 Å². The van der Waals surface area contributed by atoms with Crippen molar-refractivity contribution in [3.63, 3.8) is 0 Å². The number of halogens is 2. The predicted octanol–water partition coefficient (Wildman–Crippen LogP) is 5.38. The van der Waals surface area contributed by atoms with Crippen LogP contribution in [-0.4, -0.2) is 6.54 Å². The average Bonchev–Trinajstić information content (AvgIpc) is 2.48. The topological polar surface area (TPSA) is 21.3 Å². The van der Waals surface area contributed by atoms with Gasteiger partial charge in [-0.25, -0.2) is 0 Å². The van der Waals surface area contributed by atoms with Gasteiger partial charge in [-0.2, -0.15) is 0 Å². The fraction of sp³-hybridized carbons (Fsp3) is 0.333. The van der Waals surface area contributed by atoms with Crippen LogP contribution >= 0.6 is 23.2 Å². The quantitative estimate of drug-likeness (QED) is 0.684. The first-order chi connectivity index (χ1) is 10.6. The highest BCUT2D eigenvalue weighted by molar-refractivity contribution is 6.35. The molecule has 2 nitrogen and oxygen atoms in total. The number of benzene rings is 2. The highest BCUT2D eigenvalue weighted by atomic mass is 35.5. The molecule has 2 aromatic rings. The molecule has 0 spiro atoms. The lowest BCUT2D eigenvalue weighted by atomic mass is 10.1. The molecule has 0 saturated heterocycles. The Morgan fingerprint density at radius 1 is 1.09 bits per heavy atom. The summed E-state index contributed by atoms with van der Waals surface area (Å²) in [6.07, 6.45) is 1.08. The number of rotatable bonds is 7. The van der Waals surface area contributed by atoms with Crippen LogP contribution in [0.3, 0.4) is 0 Å². The molecule has 2 aromatic carbocycles. The molecule has 0 unspecified atom stereocenters. The summed E-state index contributed by atoms with van der Waals surface area (Å²) in [6.45, 7) is 6.33. The molecule has 0 saturated carbocycles. The van der Waals surface area contributed by atoms with Crippen molar-refractivity contribution in [2.75, 3.05) is 6.54 Å². The smallest absolute Gasteiger partial charge is 0.142 e. The van der Waals surface area contributed by atoms with Crippen LogP contribution in [0.1, 0.15) is 30.0 Å². The molecule has 0 fully saturated rings. The van der Waals surface area contributed by atoms with Gasteiger partial charge < -0.3 is 10.1 Å². The first-order valence-electron chi connectivity index (χ1n) is 7.47. The van der Waals surface area contributed by atoms with E-state index in [9.17, 15) is 0 Å². The van der Waals surface area contributed by atoms with Gasteiger partial charge in [0.05, 0.1) is 5.02 Å². The molecule has 22 heavy (non-hydrogen) atoms. The first kappa shape index (κ1) is 17.1. The van der Waals surface area contributed by atoms with Crippen LogP contribution in [0, 0.1) is 6.92 Å². The number of aryl methyl sites for hydroxylation is 1. The molecule has 0 atom stereocenters. The van der Waals surface area contributed by atoms with Crippen LogP contribution in [0.2, 0.25) is 10.0 Å². The third kappa shape index (κ3) is 4.91. The Bertz CT molecular complexity index is 611. The summed E-state index contributed by atoms with van der Waals surface area (Å²) in [5.41, 5.74) is 3.33. The van der Waals surface area contributed by atoms with Gasteiger partial charge in [-0.3, -0.25) is 0 Å². The summed E-state index contributed by atoms with van der Waals surface area (Å²) in [5, 5.41) is 4.53. The molecular weight excluding hydrogens is 317 g/mol. The van der Waals surface area contributed by atoms with Crippen LogP contribution in [-0.2, 0) is 13.2 Å². The van der Waals surface area contributed by atoms with Crippen LogP contribution in [0.25, 0.3) is 0 Å². The number of ether oxygens (including phenoxy) is 1. The molecule has 1 N–H and O–H groups in total. The third-order valence-electron chi connectivity index (χ3n) is 3.33. The maximum atomic E-state index is 6.30. The van der Waals surface area contributed by atoms with E-state index in [4.69, 9.17) is 27.9 Å². The van der Waals surface area contributed by atoms with Crippen LogP contribution < -0.4 is 10.1 Å². The summed E-state index contributed by atoms with van der Waals surface area (Å²) < 4.78 is 5.95.